The van der Waals surface area contributed by atoms with Gasteiger partial charge in [-0.1, -0.05) is 18.2 Å². The van der Waals surface area contributed by atoms with Gasteiger partial charge in [-0.3, -0.25) is 9.69 Å². The molecule has 0 radical (unpaired) electrons. The van der Waals surface area contributed by atoms with E-state index in [0.29, 0.717) is 5.76 Å². The lowest BCUT2D eigenvalue weighted by atomic mass is 10.2. The molecule has 0 bridgehead atoms. The number of rotatable bonds is 3. The van der Waals surface area contributed by atoms with E-state index in [1.54, 1.807) is 0 Å². The van der Waals surface area contributed by atoms with Gasteiger partial charge in [-0.2, -0.15) is 11.8 Å². The minimum atomic E-state index is 0.0250. The van der Waals surface area contributed by atoms with Crippen molar-refractivity contribution in [3.8, 4) is 0 Å². The number of para-hydroxylation sites is 1. The molecular weight excluding hydrogens is 336 g/mol. The maximum absolute atomic E-state index is 13.2. The first-order valence-corrected chi connectivity index (χ1v) is 10.1. The minimum Gasteiger partial charge on any atom is -0.451 e. The number of ether oxygens (including phenoxy) is 1. The number of benzene rings is 1. The normalized spacial score (nSPS) is 22.9. The summed E-state index contributed by atoms with van der Waals surface area (Å²) in [6, 6.07) is 9.90. The molecule has 1 atom stereocenters. The number of hydrogen-bond acceptors (Lipinski definition) is 5. The number of fused-ring (bicyclic) bond motifs is 1. The van der Waals surface area contributed by atoms with Gasteiger partial charge in [0.1, 0.15) is 5.58 Å². The zero-order chi connectivity index (χ0) is 17.1. The maximum Gasteiger partial charge on any atom is 0.289 e. The quantitative estimate of drug-likeness (QED) is 0.842. The van der Waals surface area contributed by atoms with Crippen molar-refractivity contribution in [2.45, 2.75) is 12.5 Å². The first-order valence-electron chi connectivity index (χ1n) is 8.98. The number of nitrogens with zero attached hydrogens (tertiary/aromatic N) is 2. The Kier molecular flexibility index (Phi) is 5.29. The highest BCUT2D eigenvalue weighted by Gasteiger charge is 2.30. The van der Waals surface area contributed by atoms with E-state index >= 15 is 0 Å². The summed E-state index contributed by atoms with van der Waals surface area (Å²) >= 11 is 1.95. The molecule has 2 aliphatic rings. The van der Waals surface area contributed by atoms with Crippen molar-refractivity contribution in [3.63, 3.8) is 0 Å². The van der Waals surface area contributed by atoms with Crippen LogP contribution in [0.4, 0.5) is 0 Å². The van der Waals surface area contributed by atoms with Crippen molar-refractivity contribution in [2.24, 2.45) is 0 Å². The molecule has 0 saturated carbocycles. The summed E-state index contributed by atoms with van der Waals surface area (Å²) in [5, 5.41) is 0.986. The molecule has 1 amide bonds. The predicted molar refractivity (Wildman–Crippen MR) is 100 cm³/mol. The second-order valence-corrected chi connectivity index (χ2v) is 7.79. The van der Waals surface area contributed by atoms with E-state index in [2.05, 4.69) is 4.90 Å². The molecule has 1 unspecified atom stereocenters. The second-order valence-electron chi connectivity index (χ2n) is 6.64. The third-order valence-corrected chi connectivity index (χ3v) is 6.11. The molecule has 3 heterocycles. The van der Waals surface area contributed by atoms with Gasteiger partial charge in [-0.05, 0) is 24.3 Å². The zero-order valence-electron chi connectivity index (χ0n) is 14.4. The van der Waals surface area contributed by atoms with E-state index < -0.39 is 0 Å². The van der Waals surface area contributed by atoms with Crippen LogP contribution in [0.5, 0.6) is 0 Å². The fourth-order valence-electron chi connectivity index (χ4n) is 3.56. The lowest BCUT2D eigenvalue weighted by molar-refractivity contribution is 0.0239. The molecule has 0 aliphatic carbocycles. The van der Waals surface area contributed by atoms with Crippen molar-refractivity contribution in [3.05, 3.63) is 36.1 Å². The van der Waals surface area contributed by atoms with E-state index in [0.717, 1.165) is 68.3 Å². The van der Waals surface area contributed by atoms with Gasteiger partial charge >= 0.3 is 0 Å². The average Bonchev–Trinajstić information content (AvgIpc) is 2.95. The fourth-order valence-corrected chi connectivity index (χ4v) is 4.62. The number of morpholine rings is 1. The van der Waals surface area contributed by atoms with Crippen molar-refractivity contribution in [2.75, 3.05) is 50.9 Å². The molecule has 25 heavy (non-hydrogen) atoms. The Morgan fingerprint density at radius 1 is 1.20 bits per heavy atom. The number of carbonyl (C=O) groups is 1. The topological polar surface area (TPSA) is 45.9 Å². The monoisotopic (exact) mass is 360 g/mol. The largest absolute Gasteiger partial charge is 0.451 e. The maximum atomic E-state index is 13.2. The molecule has 6 heteroatoms. The Hall–Kier alpha value is -1.50. The average molecular weight is 360 g/mol. The summed E-state index contributed by atoms with van der Waals surface area (Å²) in [6.45, 7) is 5.21. The summed E-state index contributed by atoms with van der Waals surface area (Å²) in [5.74, 6) is 2.59. The van der Waals surface area contributed by atoms with Crippen LogP contribution in [0.15, 0.2) is 34.7 Å². The van der Waals surface area contributed by atoms with Crippen LogP contribution in [0.25, 0.3) is 11.0 Å². The summed E-state index contributed by atoms with van der Waals surface area (Å²) in [5.41, 5.74) is 0.778. The van der Waals surface area contributed by atoms with Crippen LogP contribution in [0.3, 0.4) is 0 Å². The van der Waals surface area contributed by atoms with Gasteiger partial charge < -0.3 is 14.1 Å². The van der Waals surface area contributed by atoms with Crippen LogP contribution < -0.4 is 0 Å². The Bertz CT molecular complexity index is 693. The molecule has 0 spiro atoms. The van der Waals surface area contributed by atoms with Gasteiger partial charge in [0.05, 0.1) is 19.3 Å². The highest BCUT2D eigenvalue weighted by molar-refractivity contribution is 7.99. The lowest BCUT2D eigenvalue weighted by Gasteiger charge is -2.35. The first-order chi connectivity index (χ1) is 12.3. The smallest absolute Gasteiger partial charge is 0.289 e. The van der Waals surface area contributed by atoms with Crippen LogP contribution in [0.2, 0.25) is 0 Å². The number of carbonyl (C=O) groups excluding carboxylic acids is 1. The molecule has 2 aliphatic heterocycles. The molecule has 2 saturated heterocycles. The van der Waals surface area contributed by atoms with Gasteiger partial charge in [0, 0.05) is 37.3 Å². The highest BCUT2D eigenvalue weighted by Crippen LogP contribution is 2.24. The molecule has 2 fully saturated rings. The van der Waals surface area contributed by atoms with Crippen molar-refractivity contribution >= 4 is 28.6 Å². The van der Waals surface area contributed by atoms with E-state index in [1.807, 2.05) is 47.0 Å². The summed E-state index contributed by atoms with van der Waals surface area (Å²) in [4.78, 5) is 17.6. The molecule has 0 N–H and O–H groups in total. The molecule has 1 aromatic carbocycles. The highest BCUT2D eigenvalue weighted by atomic mass is 32.2. The van der Waals surface area contributed by atoms with Gasteiger partial charge in [-0.25, -0.2) is 0 Å². The standard InChI is InChI=1S/C19H24N2O3S/c22-19(18-12-15-4-1-2-5-17(15)24-18)21-6-3-11-25-14-16(21)13-20-7-9-23-10-8-20/h1-2,4-5,12,16H,3,6-11,13-14H2. The predicted octanol–water partition coefficient (Wildman–Crippen LogP) is 2.71. The van der Waals surface area contributed by atoms with Gasteiger partial charge in [-0.15, -0.1) is 0 Å². The Labute approximate surface area is 152 Å². The molecule has 2 aromatic rings. The van der Waals surface area contributed by atoms with E-state index in [9.17, 15) is 4.79 Å². The number of furan rings is 1. The lowest BCUT2D eigenvalue weighted by Crippen LogP contribution is -2.50. The van der Waals surface area contributed by atoms with Crippen molar-refractivity contribution in [1.82, 2.24) is 9.80 Å². The van der Waals surface area contributed by atoms with Gasteiger partial charge in [0.15, 0.2) is 5.76 Å². The van der Waals surface area contributed by atoms with E-state index in [1.165, 1.54) is 0 Å². The summed E-state index contributed by atoms with van der Waals surface area (Å²) in [7, 11) is 0. The van der Waals surface area contributed by atoms with Gasteiger partial charge in [0.2, 0.25) is 0 Å². The number of amides is 1. The second kappa shape index (κ2) is 7.81. The molecule has 5 nitrogen and oxygen atoms in total. The zero-order valence-corrected chi connectivity index (χ0v) is 15.2. The van der Waals surface area contributed by atoms with Crippen molar-refractivity contribution in [1.29, 1.82) is 0 Å². The number of thioether (sulfide) groups is 1. The Balaban J connectivity index is 1.54. The van der Waals surface area contributed by atoms with Gasteiger partial charge in [0.25, 0.3) is 5.91 Å². The molecular formula is C19H24N2O3S. The van der Waals surface area contributed by atoms with E-state index in [-0.39, 0.29) is 11.9 Å². The van der Waals surface area contributed by atoms with Crippen LogP contribution in [0, 0.1) is 0 Å². The van der Waals surface area contributed by atoms with Crippen LogP contribution in [-0.4, -0.2) is 72.6 Å². The molecule has 1 aromatic heterocycles. The minimum absolute atomic E-state index is 0.0250. The SMILES string of the molecule is O=C(c1cc2ccccc2o1)N1CCCSCC1CN1CCOCC1. The van der Waals surface area contributed by atoms with Crippen molar-refractivity contribution < 1.29 is 13.9 Å². The summed E-state index contributed by atoms with van der Waals surface area (Å²) in [6.07, 6.45) is 1.04. The van der Waals surface area contributed by atoms with Crippen LogP contribution in [0.1, 0.15) is 17.0 Å². The van der Waals surface area contributed by atoms with Crippen LogP contribution in [-0.2, 0) is 4.74 Å². The third-order valence-electron chi connectivity index (χ3n) is 4.91. The Morgan fingerprint density at radius 3 is 2.88 bits per heavy atom. The summed E-state index contributed by atoms with van der Waals surface area (Å²) < 4.78 is 11.3. The number of hydrogen-bond donors (Lipinski definition) is 0. The molecule has 4 rings (SSSR count). The van der Waals surface area contributed by atoms with E-state index in [4.69, 9.17) is 9.15 Å². The first kappa shape index (κ1) is 16.9. The molecule has 134 valence electrons. The third kappa shape index (κ3) is 3.86. The fraction of sp³-hybridized carbons (Fsp3) is 0.526. The van der Waals surface area contributed by atoms with Crippen LogP contribution >= 0.6 is 11.8 Å². The Morgan fingerprint density at radius 2 is 2.04 bits per heavy atom.